The Balaban J connectivity index is 2.24. The van der Waals surface area contributed by atoms with E-state index in [9.17, 15) is 9.59 Å². The second-order valence-electron chi connectivity index (χ2n) is 4.98. The number of rotatable bonds is 6. The summed E-state index contributed by atoms with van der Waals surface area (Å²) in [7, 11) is 0. The van der Waals surface area contributed by atoms with Gasteiger partial charge >= 0.3 is 5.97 Å². The minimum atomic E-state index is -0.303. The van der Waals surface area contributed by atoms with E-state index in [4.69, 9.17) is 4.74 Å². The van der Waals surface area contributed by atoms with Crippen LogP contribution in [0.5, 0.6) is 0 Å². The highest BCUT2D eigenvalue weighted by molar-refractivity contribution is 5.88. The topological polar surface area (TPSA) is 58.6 Å². The fourth-order valence-electron chi connectivity index (χ4n) is 2.20. The van der Waals surface area contributed by atoms with Crippen molar-refractivity contribution in [3.63, 3.8) is 0 Å². The summed E-state index contributed by atoms with van der Waals surface area (Å²) in [4.78, 5) is 24.5. The number of likely N-dealkylation sites (tertiary alicyclic amines) is 1. The molecule has 0 atom stereocenters. The van der Waals surface area contributed by atoms with Crippen LogP contribution in [-0.2, 0) is 14.3 Å². The molecule has 1 saturated heterocycles. The van der Waals surface area contributed by atoms with Crippen molar-refractivity contribution < 1.29 is 14.3 Å². The van der Waals surface area contributed by atoms with Gasteiger partial charge < -0.3 is 10.1 Å². The van der Waals surface area contributed by atoms with Gasteiger partial charge in [0, 0.05) is 25.6 Å². The van der Waals surface area contributed by atoms with Gasteiger partial charge in [-0.1, -0.05) is 6.58 Å². The molecule has 0 saturated carbocycles. The minimum absolute atomic E-state index is 0.0260. The summed E-state index contributed by atoms with van der Waals surface area (Å²) in [6, 6.07) is 0. The van der Waals surface area contributed by atoms with Crippen LogP contribution in [0.3, 0.4) is 0 Å². The number of carbonyl (C=O) groups is 2. The fourth-order valence-corrected chi connectivity index (χ4v) is 2.20. The predicted octanol–water partition coefficient (Wildman–Crippen LogP) is 0.954. The summed E-state index contributed by atoms with van der Waals surface area (Å²) in [6.07, 6.45) is 2.08. The monoisotopic (exact) mass is 268 g/mol. The lowest BCUT2D eigenvalue weighted by atomic mass is 9.96. The fraction of sp³-hybridized carbons (Fsp3) is 0.714. The largest absolute Gasteiger partial charge is 0.463 e. The highest BCUT2D eigenvalue weighted by Gasteiger charge is 2.21. The van der Waals surface area contributed by atoms with Gasteiger partial charge in [0.15, 0.2) is 0 Å². The van der Waals surface area contributed by atoms with Gasteiger partial charge in [-0.2, -0.15) is 0 Å². The maximum Gasteiger partial charge on any atom is 0.334 e. The highest BCUT2D eigenvalue weighted by atomic mass is 16.5. The molecule has 0 spiro atoms. The Morgan fingerprint density at radius 2 is 2.00 bits per heavy atom. The zero-order chi connectivity index (χ0) is 14.3. The standard InChI is InChI=1S/C14H24N2O3/c1-4-19-14(18)11(2)10-16-7-5-13(6-8-16)9-15-12(3)17/h13H,2,4-10H2,1,3H3,(H,15,17). The van der Waals surface area contributed by atoms with Crippen LogP contribution in [0, 0.1) is 5.92 Å². The van der Waals surface area contributed by atoms with Crippen LogP contribution < -0.4 is 5.32 Å². The van der Waals surface area contributed by atoms with Gasteiger partial charge in [0.25, 0.3) is 0 Å². The number of carbonyl (C=O) groups excluding carboxylic acids is 2. The summed E-state index contributed by atoms with van der Waals surface area (Å²) < 4.78 is 4.92. The quantitative estimate of drug-likeness (QED) is 0.575. The number of esters is 1. The summed E-state index contributed by atoms with van der Waals surface area (Å²) >= 11 is 0. The molecule has 1 aliphatic rings. The Labute approximate surface area is 115 Å². The lowest BCUT2D eigenvalue weighted by molar-refractivity contribution is -0.138. The van der Waals surface area contributed by atoms with E-state index in [1.165, 1.54) is 0 Å². The SMILES string of the molecule is C=C(CN1CCC(CNC(C)=O)CC1)C(=O)OCC. The van der Waals surface area contributed by atoms with Crippen LogP contribution in [0.1, 0.15) is 26.7 Å². The first-order chi connectivity index (χ1) is 9.02. The van der Waals surface area contributed by atoms with Crippen molar-refractivity contribution in [1.29, 1.82) is 0 Å². The Bertz CT molecular complexity index is 334. The zero-order valence-electron chi connectivity index (χ0n) is 11.9. The maximum absolute atomic E-state index is 11.5. The Morgan fingerprint density at radius 1 is 1.37 bits per heavy atom. The number of hydrogen-bond donors (Lipinski definition) is 1. The molecule has 19 heavy (non-hydrogen) atoms. The minimum Gasteiger partial charge on any atom is -0.463 e. The van der Waals surface area contributed by atoms with Gasteiger partial charge in [0.05, 0.1) is 6.61 Å². The van der Waals surface area contributed by atoms with E-state index in [-0.39, 0.29) is 11.9 Å². The zero-order valence-corrected chi connectivity index (χ0v) is 11.9. The second-order valence-corrected chi connectivity index (χ2v) is 4.98. The smallest absolute Gasteiger partial charge is 0.334 e. The number of amides is 1. The normalized spacial score (nSPS) is 16.9. The average molecular weight is 268 g/mol. The van der Waals surface area contributed by atoms with Crippen LogP contribution in [0.15, 0.2) is 12.2 Å². The number of piperidine rings is 1. The summed E-state index contributed by atoms with van der Waals surface area (Å²) in [5.41, 5.74) is 0.516. The van der Waals surface area contributed by atoms with E-state index in [0.717, 1.165) is 32.5 Å². The third-order valence-electron chi connectivity index (χ3n) is 3.33. The van der Waals surface area contributed by atoms with Crippen molar-refractivity contribution in [1.82, 2.24) is 10.2 Å². The van der Waals surface area contributed by atoms with Crippen LogP contribution in [0.4, 0.5) is 0 Å². The Kier molecular flexibility index (Phi) is 6.56. The van der Waals surface area contributed by atoms with Crippen molar-refractivity contribution in [3.8, 4) is 0 Å². The van der Waals surface area contributed by atoms with E-state index in [1.807, 2.05) is 0 Å². The molecule has 1 fully saturated rings. The van der Waals surface area contributed by atoms with E-state index in [1.54, 1.807) is 13.8 Å². The van der Waals surface area contributed by atoms with Gasteiger partial charge in [-0.3, -0.25) is 9.69 Å². The van der Waals surface area contributed by atoms with Crippen molar-refractivity contribution >= 4 is 11.9 Å². The van der Waals surface area contributed by atoms with Crippen molar-refractivity contribution in [2.24, 2.45) is 5.92 Å². The van der Waals surface area contributed by atoms with Crippen LogP contribution in [0.25, 0.3) is 0 Å². The lowest BCUT2D eigenvalue weighted by Gasteiger charge is -2.32. The van der Waals surface area contributed by atoms with Crippen LogP contribution in [-0.4, -0.2) is 49.6 Å². The Hall–Kier alpha value is -1.36. The molecular formula is C14H24N2O3. The second kappa shape index (κ2) is 7.94. The van der Waals surface area contributed by atoms with Crippen molar-refractivity contribution in [3.05, 3.63) is 12.2 Å². The summed E-state index contributed by atoms with van der Waals surface area (Å²) in [5.74, 6) is 0.261. The first-order valence-corrected chi connectivity index (χ1v) is 6.84. The Morgan fingerprint density at radius 3 is 2.53 bits per heavy atom. The van der Waals surface area contributed by atoms with Gasteiger partial charge in [0.1, 0.15) is 0 Å². The lowest BCUT2D eigenvalue weighted by Crippen LogP contribution is -2.39. The van der Waals surface area contributed by atoms with E-state index in [0.29, 0.717) is 24.6 Å². The van der Waals surface area contributed by atoms with Crippen molar-refractivity contribution in [2.75, 3.05) is 32.8 Å². The molecule has 5 nitrogen and oxygen atoms in total. The highest BCUT2D eigenvalue weighted by Crippen LogP contribution is 2.17. The molecular weight excluding hydrogens is 244 g/mol. The van der Waals surface area contributed by atoms with Crippen LogP contribution in [0.2, 0.25) is 0 Å². The molecule has 108 valence electrons. The first kappa shape index (κ1) is 15.7. The molecule has 1 amide bonds. The molecule has 0 unspecified atom stereocenters. The number of nitrogens with one attached hydrogen (secondary N) is 1. The van der Waals surface area contributed by atoms with Gasteiger partial charge in [-0.25, -0.2) is 4.79 Å². The third kappa shape index (κ3) is 5.87. The molecule has 0 aromatic heterocycles. The number of nitrogens with zero attached hydrogens (tertiary/aromatic N) is 1. The molecule has 0 radical (unpaired) electrons. The van der Waals surface area contributed by atoms with E-state index >= 15 is 0 Å². The molecule has 1 heterocycles. The predicted molar refractivity (Wildman–Crippen MR) is 73.6 cm³/mol. The molecule has 0 aromatic carbocycles. The molecule has 1 rings (SSSR count). The molecule has 1 aliphatic heterocycles. The van der Waals surface area contributed by atoms with Crippen LogP contribution >= 0.6 is 0 Å². The molecule has 5 heteroatoms. The third-order valence-corrected chi connectivity index (χ3v) is 3.33. The van der Waals surface area contributed by atoms with Gasteiger partial charge in [0.2, 0.25) is 5.91 Å². The molecule has 1 N–H and O–H groups in total. The van der Waals surface area contributed by atoms with Gasteiger partial charge in [-0.15, -0.1) is 0 Å². The first-order valence-electron chi connectivity index (χ1n) is 6.84. The van der Waals surface area contributed by atoms with E-state index in [2.05, 4.69) is 16.8 Å². The van der Waals surface area contributed by atoms with E-state index < -0.39 is 0 Å². The molecule has 0 bridgehead atoms. The number of hydrogen-bond acceptors (Lipinski definition) is 4. The molecule has 0 aliphatic carbocycles. The van der Waals surface area contributed by atoms with Crippen molar-refractivity contribution in [2.45, 2.75) is 26.7 Å². The average Bonchev–Trinajstić information content (AvgIpc) is 2.38. The summed E-state index contributed by atoms with van der Waals surface area (Å²) in [5, 5.41) is 2.86. The van der Waals surface area contributed by atoms with Gasteiger partial charge in [-0.05, 0) is 38.8 Å². The number of ether oxygens (including phenoxy) is 1. The molecule has 0 aromatic rings. The summed E-state index contributed by atoms with van der Waals surface area (Å²) in [6.45, 7) is 10.7. The maximum atomic E-state index is 11.5.